The Morgan fingerprint density at radius 3 is 2.09 bits per heavy atom. The minimum atomic E-state index is -0.0939. The maximum atomic E-state index is 6.45. The van der Waals surface area contributed by atoms with Crippen LogP contribution in [0.5, 0.6) is 5.88 Å². The van der Waals surface area contributed by atoms with Crippen molar-refractivity contribution < 1.29 is 4.74 Å². The fraction of sp³-hybridized carbons (Fsp3) is 0.833. The fourth-order valence-electron chi connectivity index (χ4n) is 3.10. The van der Waals surface area contributed by atoms with Gasteiger partial charge in [-0.1, -0.05) is 76.8 Å². The molecule has 4 nitrogen and oxygen atoms in total. The minimum absolute atomic E-state index is 0.0939. The van der Waals surface area contributed by atoms with Gasteiger partial charge in [0.05, 0.1) is 12.6 Å². The summed E-state index contributed by atoms with van der Waals surface area (Å²) in [5.41, 5.74) is 6.37. The van der Waals surface area contributed by atoms with Gasteiger partial charge in [0.1, 0.15) is 5.69 Å². The number of methoxy groups -OCH3 is 1. The highest BCUT2D eigenvalue weighted by Gasteiger charge is 2.31. The second-order valence-corrected chi connectivity index (χ2v) is 7.10. The second kappa shape index (κ2) is 10.1. The van der Waals surface area contributed by atoms with Crippen molar-refractivity contribution in [3.63, 3.8) is 0 Å². The zero-order valence-electron chi connectivity index (χ0n) is 15.3. The van der Waals surface area contributed by atoms with Gasteiger partial charge in [-0.25, -0.2) is 4.68 Å². The Morgan fingerprint density at radius 1 is 1.04 bits per heavy atom. The number of nitrogens with two attached hydrogens (primary N) is 1. The van der Waals surface area contributed by atoms with Crippen LogP contribution in [0.3, 0.4) is 0 Å². The Balaban J connectivity index is 2.85. The standard InChI is InChI=1S/C18H34ClN3O/c1-5-7-9-10-12-14-18(3,13-11-8-6-2)22-16(19)15(20)17(21-22)23-4/h5-14,20H2,1-4H3. The van der Waals surface area contributed by atoms with Gasteiger partial charge >= 0.3 is 0 Å². The summed E-state index contributed by atoms with van der Waals surface area (Å²) < 4.78 is 7.14. The molecule has 0 aromatic carbocycles. The SMILES string of the molecule is CCCCCCCC(C)(CCCCC)n1nc(OC)c(N)c1Cl. The first-order chi connectivity index (χ1) is 11.0. The summed E-state index contributed by atoms with van der Waals surface area (Å²) in [7, 11) is 1.58. The van der Waals surface area contributed by atoms with Crippen LogP contribution in [0.15, 0.2) is 0 Å². The van der Waals surface area contributed by atoms with Crippen LogP contribution in [-0.2, 0) is 5.54 Å². The van der Waals surface area contributed by atoms with Crippen molar-refractivity contribution in [3.8, 4) is 5.88 Å². The normalized spacial score (nSPS) is 14.0. The molecule has 134 valence electrons. The molecule has 0 saturated carbocycles. The Morgan fingerprint density at radius 2 is 1.57 bits per heavy atom. The molecule has 0 fully saturated rings. The maximum absolute atomic E-state index is 6.45. The number of unbranched alkanes of at least 4 members (excludes halogenated alkanes) is 6. The first-order valence-electron chi connectivity index (χ1n) is 9.08. The molecule has 0 aliphatic carbocycles. The molecule has 0 aliphatic rings. The topological polar surface area (TPSA) is 53.1 Å². The Hall–Kier alpha value is -0.900. The third-order valence-electron chi connectivity index (χ3n) is 4.67. The van der Waals surface area contributed by atoms with E-state index in [1.54, 1.807) is 7.11 Å². The van der Waals surface area contributed by atoms with Gasteiger partial charge in [-0.3, -0.25) is 0 Å². The molecule has 1 unspecified atom stereocenters. The van der Waals surface area contributed by atoms with Crippen LogP contribution < -0.4 is 10.5 Å². The van der Waals surface area contributed by atoms with Crippen LogP contribution in [0.2, 0.25) is 5.15 Å². The zero-order chi connectivity index (χ0) is 17.3. The molecule has 5 heteroatoms. The summed E-state index contributed by atoms with van der Waals surface area (Å²) >= 11 is 6.45. The van der Waals surface area contributed by atoms with Gasteiger partial charge in [-0.15, -0.1) is 5.10 Å². The molecule has 0 saturated heterocycles. The Kier molecular flexibility index (Phi) is 8.82. The number of aromatic nitrogens is 2. The maximum Gasteiger partial charge on any atom is 0.257 e. The summed E-state index contributed by atoms with van der Waals surface area (Å²) in [6.45, 7) is 6.72. The van der Waals surface area contributed by atoms with Gasteiger partial charge < -0.3 is 10.5 Å². The Bertz CT molecular complexity index is 461. The monoisotopic (exact) mass is 343 g/mol. The van der Waals surface area contributed by atoms with Crippen molar-refractivity contribution >= 4 is 17.3 Å². The first kappa shape index (κ1) is 20.1. The zero-order valence-corrected chi connectivity index (χ0v) is 16.1. The first-order valence-corrected chi connectivity index (χ1v) is 9.46. The second-order valence-electron chi connectivity index (χ2n) is 6.74. The molecule has 1 aromatic rings. The fourth-order valence-corrected chi connectivity index (χ4v) is 3.42. The summed E-state index contributed by atoms with van der Waals surface area (Å²) in [6.07, 6.45) is 12.1. The summed E-state index contributed by atoms with van der Waals surface area (Å²) in [6, 6.07) is 0. The molecular weight excluding hydrogens is 310 g/mol. The van der Waals surface area contributed by atoms with Gasteiger partial charge in [0.2, 0.25) is 0 Å². The average molecular weight is 344 g/mol. The minimum Gasteiger partial charge on any atom is -0.478 e. The number of rotatable bonds is 12. The third kappa shape index (κ3) is 5.59. The summed E-state index contributed by atoms with van der Waals surface area (Å²) in [5.74, 6) is 0.433. The molecule has 0 amide bonds. The lowest BCUT2D eigenvalue weighted by Gasteiger charge is -2.31. The molecule has 1 heterocycles. The van der Waals surface area contributed by atoms with Crippen LogP contribution in [0.25, 0.3) is 0 Å². The number of ether oxygens (including phenoxy) is 1. The van der Waals surface area contributed by atoms with E-state index < -0.39 is 0 Å². The number of halogens is 1. The lowest BCUT2D eigenvalue weighted by molar-refractivity contribution is 0.222. The van der Waals surface area contributed by atoms with Crippen LogP contribution in [0.1, 0.15) is 85.0 Å². The van der Waals surface area contributed by atoms with Gasteiger partial charge in [0, 0.05) is 0 Å². The lowest BCUT2D eigenvalue weighted by atomic mass is 9.88. The predicted molar refractivity (Wildman–Crippen MR) is 99.4 cm³/mol. The highest BCUT2D eigenvalue weighted by Crippen LogP contribution is 2.38. The van der Waals surface area contributed by atoms with Crippen molar-refractivity contribution in [2.75, 3.05) is 12.8 Å². The number of hydrogen-bond donors (Lipinski definition) is 1. The lowest BCUT2D eigenvalue weighted by Crippen LogP contribution is -2.31. The van der Waals surface area contributed by atoms with E-state index in [0.717, 1.165) is 12.8 Å². The van der Waals surface area contributed by atoms with Gasteiger partial charge in [0.25, 0.3) is 5.88 Å². The molecule has 0 aliphatic heterocycles. The van der Waals surface area contributed by atoms with Crippen molar-refractivity contribution in [1.29, 1.82) is 0 Å². The number of nitrogen functional groups attached to an aromatic ring is 1. The molecule has 0 radical (unpaired) electrons. The van der Waals surface area contributed by atoms with Gasteiger partial charge in [-0.2, -0.15) is 0 Å². The number of anilines is 1. The van der Waals surface area contributed by atoms with Crippen molar-refractivity contribution in [1.82, 2.24) is 9.78 Å². The Labute approximate surface area is 146 Å². The largest absolute Gasteiger partial charge is 0.478 e. The van der Waals surface area contributed by atoms with Gasteiger partial charge in [-0.05, 0) is 19.8 Å². The van der Waals surface area contributed by atoms with E-state index in [9.17, 15) is 0 Å². The summed E-state index contributed by atoms with van der Waals surface area (Å²) in [5, 5.41) is 5.04. The highest BCUT2D eigenvalue weighted by molar-refractivity contribution is 6.32. The molecule has 23 heavy (non-hydrogen) atoms. The summed E-state index contributed by atoms with van der Waals surface area (Å²) in [4.78, 5) is 0. The van der Waals surface area contributed by atoms with Crippen LogP contribution in [0.4, 0.5) is 5.69 Å². The van der Waals surface area contributed by atoms with E-state index in [4.69, 9.17) is 22.1 Å². The molecular formula is C18H34ClN3O. The van der Waals surface area contributed by atoms with Crippen LogP contribution in [-0.4, -0.2) is 16.9 Å². The van der Waals surface area contributed by atoms with Crippen LogP contribution >= 0.6 is 11.6 Å². The smallest absolute Gasteiger partial charge is 0.257 e. The van der Waals surface area contributed by atoms with E-state index in [2.05, 4.69) is 25.9 Å². The van der Waals surface area contributed by atoms with E-state index in [-0.39, 0.29) is 5.54 Å². The highest BCUT2D eigenvalue weighted by atomic mass is 35.5. The third-order valence-corrected chi connectivity index (χ3v) is 5.04. The van der Waals surface area contributed by atoms with E-state index >= 15 is 0 Å². The molecule has 0 bridgehead atoms. The van der Waals surface area contributed by atoms with Crippen molar-refractivity contribution in [3.05, 3.63) is 5.15 Å². The van der Waals surface area contributed by atoms with Gasteiger partial charge in [0.15, 0.2) is 5.15 Å². The van der Waals surface area contributed by atoms with E-state index in [0.29, 0.717) is 16.7 Å². The molecule has 0 spiro atoms. The van der Waals surface area contributed by atoms with Crippen molar-refractivity contribution in [2.24, 2.45) is 0 Å². The van der Waals surface area contributed by atoms with Crippen LogP contribution in [0, 0.1) is 0 Å². The molecule has 1 aromatic heterocycles. The predicted octanol–water partition coefficient (Wildman–Crippen LogP) is 5.78. The number of nitrogens with zero attached hydrogens (tertiary/aromatic N) is 2. The van der Waals surface area contributed by atoms with E-state index in [1.165, 1.54) is 51.4 Å². The average Bonchev–Trinajstić information content (AvgIpc) is 2.83. The van der Waals surface area contributed by atoms with E-state index in [1.807, 2.05) is 4.68 Å². The number of hydrogen-bond acceptors (Lipinski definition) is 3. The molecule has 2 N–H and O–H groups in total. The molecule has 1 atom stereocenters. The quantitative estimate of drug-likeness (QED) is 0.489. The van der Waals surface area contributed by atoms with Crippen molar-refractivity contribution in [2.45, 2.75) is 90.5 Å². The molecule has 1 rings (SSSR count).